The lowest BCUT2D eigenvalue weighted by atomic mass is 10.1. The van der Waals surface area contributed by atoms with Crippen LogP contribution in [0.5, 0.6) is 0 Å². The number of carbonyl (C=O) groups is 2. The van der Waals surface area contributed by atoms with Gasteiger partial charge in [0.1, 0.15) is 6.04 Å². The summed E-state index contributed by atoms with van der Waals surface area (Å²) >= 11 is 12.2. The van der Waals surface area contributed by atoms with E-state index < -0.39 is 6.04 Å². The second-order valence-electron chi connectivity index (χ2n) is 5.73. The molecular weight excluding hydrogens is 325 g/mol. The molecule has 1 aliphatic rings. The molecule has 3 N–H and O–H groups in total. The molecule has 0 radical (unpaired) electrons. The minimum Gasteiger partial charge on any atom is -0.352 e. The van der Waals surface area contributed by atoms with Crippen molar-refractivity contribution in [1.29, 1.82) is 0 Å². The highest BCUT2D eigenvalue weighted by molar-refractivity contribution is 6.39. The quantitative estimate of drug-likeness (QED) is 0.881. The number of amides is 2. The van der Waals surface area contributed by atoms with Crippen molar-refractivity contribution in [3.05, 3.63) is 33.8 Å². The molecule has 1 aromatic carbocycles. The summed E-state index contributed by atoms with van der Waals surface area (Å²) < 4.78 is 0. The Kier molecular flexibility index (Phi) is 5.32. The molecule has 1 fully saturated rings. The molecule has 1 aliphatic heterocycles. The number of nitrogens with two attached hydrogens (primary N) is 1. The Morgan fingerprint density at radius 1 is 1.32 bits per heavy atom. The highest BCUT2D eigenvalue weighted by atomic mass is 35.5. The van der Waals surface area contributed by atoms with E-state index in [0.717, 1.165) is 0 Å². The van der Waals surface area contributed by atoms with E-state index in [-0.39, 0.29) is 39.5 Å². The van der Waals surface area contributed by atoms with Crippen LogP contribution in [-0.4, -0.2) is 41.4 Å². The maximum absolute atomic E-state index is 12.8. The molecule has 2 atom stereocenters. The zero-order valence-corrected chi connectivity index (χ0v) is 14.0. The Labute approximate surface area is 139 Å². The van der Waals surface area contributed by atoms with Crippen molar-refractivity contribution in [2.24, 2.45) is 5.73 Å². The average Bonchev–Trinajstić information content (AvgIpc) is 2.80. The van der Waals surface area contributed by atoms with Crippen LogP contribution in [0.4, 0.5) is 0 Å². The smallest absolute Gasteiger partial charge is 0.257 e. The Hall–Kier alpha value is -1.30. The molecule has 0 aromatic heterocycles. The van der Waals surface area contributed by atoms with E-state index in [1.165, 1.54) is 4.90 Å². The summed E-state index contributed by atoms with van der Waals surface area (Å²) in [5, 5.41) is 3.35. The van der Waals surface area contributed by atoms with Gasteiger partial charge in [0.15, 0.2) is 0 Å². The molecule has 5 nitrogen and oxygen atoms in total. The molecule has 1 saturated heterocycles. The summed E-state index contributed by atoms with van der Waals surface area (Å²) in [6.45, 7) is 4.03. The monoisotopic (exact) mass is 343 g/mol. The first-order valence-electron chi connectivity index (χ1n) is 7.12. The standard InChI is InChI=1S/C15H19Cl2N3O2/c1-8(2)19-14(21)12-6-9(18)7-20(12)15(22)13-10(16)4-3-5-11(13)17/h3-5,8-9,12H,6-7,18H2,1-2H3,(H,19,21)/t9-,12+/m1/s1. The molecule has 22 heavy (non-hydrogen) atoms. The maximum Gasteiger partial charge on any atom is 0.257 e. The van der Waals surface area contributed by atoms with Crippen LogP contribution in [0.2, 0.25) is 10.0 Å². The van der Waals surface area contributed by atoms with Gasteiger partial charge in [-0.15, -0.1) is 0 Å². The first kappa shape index (κ1) is 17.1. The van der Waals surface area contributed by atoms with Crippen LogP contribution in [0.1, 0.15) is 30.6 Å². The fraction of sp³-hybridized carbons (Fsp3) is 0.467. The number of halogens is 2. The second kappa shape index (κ2) is 6.86. The van der Waals surface area contributed by atoms with Gasteiger partial charge in [-0.25, -0.2) is 0 Å². The van der Waals surface area contributed by atoms with Gasteiger partial charge in [-0.3, -0.25) is 9.59 Å². The number of nitrogens with zero attached hydrogens (tertiary/aromatic N) is 1. The SMILES string of the molecule is CC(C)NC(=O)[C@@H]1C[C@@H](N)CN1C(=O)c1c(Cl)cccc1Cl. The van der Waals surface area contributed by atoms with Gasteiger partial charge < -0.3 is 16.0 Å². The largest absolute Gasteiger partial charge is 0.352 e. The number of carbonyl (C=O) groups excluding carboxylic acids is 2. The van der Waals surface area contributed by atoms with Crippen LogP contribution in [0.3, 0.4) is 0 Å². The Balaban J connectivity index is 2.29. The molecule has 0 spiro atoms. The van der Waals surface area contributed by atoms with Gasteiger partial charge in [-0.2, -0.15) is 0 Å². The Morgan fingerprint density at radius 2 is 1.91 bits per heavy atom. The predicted octanol–water partition coefficient (Wildman–Crippen LogP) is 2.06. The van der Waals surface area contributed by atoms with Crippen LogP contribution in [-0.2, 0) is 4.79 Å². The van der Waals surface area contributed by atoms with E-state index in [0.29, 0.717) is 13.0 Å². The van der Waals surface area contributed by atoms with Crippen LogP contribution in [0.15, 0.2) is 18.2 Å². The molecule has 1 heterocycles. The van der Waals surface area contributed by atoms with Gasteiger partial charge >= 0.3 is 0 Å². The number of nitrogens with one attached hydrogen (secondary N) is 1. The van der Waals surface area contributed by atoms with Crippen LogP contribution in [0, 0.1) is 0 Å². The number of hydrogen-bond acceptors (Lipinski definition) is 3. The van der Waals surface area contributed by atoms with E-state index in [9.17, 15) is 9.59 Å². The van der Waals surface area contributed by atoms with Crippen molar-refractivity contribution in [3.63, 3.8) is 0 Å². The summed E-state index contributed by atoms with van der Waals surface area (Å²) in [6, 6.07) is 4.01. The van der Waals surface area contributed by atoms with E-state index in [1.54, 1.807) is 18.2 Å². The third-order valence-electron chi connectivity index (χ3n) is 3.50. The van der Waals surface area contributed by atoms with E-state index in [4.69, 9.17) is 28.9 Å². The molecule has 0 unspecified atom stereocenters. The highest BCUT2D eigenvalue weighted by Gasteiger charge is 2.39. The third-order valence-corrected chi connectivity index (χ3v) is 4.13. The lowest BCUT2D eigenvalue weighted by Gasteiger charge is -2.25. The van der Waals surface area contributed by atoms with E-state index in [1.807, 2.05) is 13.8 Å². The normalized spacial score (nSPS) is 21.3. The number of hydrogen-bond donors (Lipinski definition) is 2. The number of benzene rings is 1. The average molecular weight is 344 g/mol. The summed E-state index contributed by atoms with van der Waals surface area (Å²) in [5.41, 5.74) is 6.15. The van der Waals surface area contributed by atoms with Crippen molar-refractivity contribution in [3.8, 4) is 0 Å². The molecule has 0 aliphatic carbocycles. The molecule has 120 valence electrons. The highest BCUT2D eigenvalue weighted by Crippen LogP contribution is 2.28. The van der Waals surface area contributed by atoms with Crippen molar-refractivity contribution in [1.82, 2.24) is 10.2 Å². The molecule has 1 aromatic rings. The molecule has 0 saturated carbocycles. The zero-order chi connectivity index (χ0) is 16.4. The molecule has 2 rings (SSSR count). The van der Waals surface area contributed by atoms with Gasteiger partial charge in [-0.05, 0) is 32.4 Å². The minimum atomic E-state index is -0.600. The zero-order valence-electron chi connectivity index (χ0n) is 12.5. The van der Waals surface area contributed by atoms with Gasteiger partial charge in [0.25, 0.3) is 5.91 Å². The lowest BCUT2D eigenvalue weighted by molar-refractivity contribution is -0.125. The van der Waals surface area contributed by atoms with Gasteiger partial charge in [0, 0.05) is 18.6 Å². The van der Waals surface area contributed by atoms with Crippen molar-refractivity contribution >= 4 is 35.0 Å². The van der Waals surface area contributed by atoms with Gasteiger partial charge in [0.05, 0.1) is 15.6 Å². The minimum absolute atomic E-state index is 0.00909. The summed E-state index contributed by atoms with van der Waals surface area (Å²) in [7, 11) is 0. The van der Waals surface area contributed by atoms with Crippen molar-refractivity contribution in [2.75, 3.05) is 6.54 Å². The first-order chi connectivity index (χ1) is 10.3. The van der Waals surface area contributed by atoms with E-state index >= 15 is 0 Å². The topological polar surface area (TPSA) is 75.4 Å². The predicted molar refractivity (Wildman–Crippen MR) is 87.2 cm³/mol. The second-order valence-corrected chi connectivity index (χ2v) is 6.54. The van der Waals surface area contributed by atoms with Crippen LogP contribution < -0.4 is 11.1 Å². The maximum atomic E-state index is 12.8. The fourth-order valence-electron chi connectivity index (χ4n) is 2.57. The number of rotatable bonds is 3. The van der Waals surface area contributed by atoms with Crippen LogP contribution in [0.25, 0.3) is 0 Å². The summed E-state index contributed by atoms with van der Waals surface area (Å²) in [4.78, 5) is 26.5. The van der Waals surface area contributed by atoms with Crippen LogP contribution >= 0.6 is 23.2 Å². The molecular formula is C15H19Cl2N3O2. The fourth-order valence-corrected chi connectivity index (χ4v) is 3.13. The third kappa shape index (κ3) is 3.54. The van der Waals surface area contributed by atoms with Gasteiger partial charge in [0.2, 0.25) is 5.91 Å². The molecule has 2 amide bonds. The Bertz CT molecular complexity index is 572. The number of likely N-dealkylation sites (tertiary alicyclic amines) is 1. The van der Waals surface area contributed by atoms with Gasteiger partial charge in [-0.1, -0.05) is 29.3 Å². The van der Waals surface area contributed by atoms with E-state index in [2.05, 4.69) is 5.32 Å². The lowest BCUT2D eigenvalue weighted by Crippen LogP contribution is -2.47. The van der Waals surface area contributed by atoms with Crippen molar-refractivity contribution in [2.45, 2.75) is 38.4 Å². The first-order valence-corrected chi connectivity index (χ1v) is 7.87. The molecule has 7 heteroatoms. The summed E-state index contributed by atoms with van der Waals surface area (Å²) in [5.74, 6) is -0.577. The van der Waals surface area contributed by atoms with Crippen molar-refractivity contribution < 1.29 is 9.59 Å². The Morgan fingerprint density at radius 3 is 2.45 bits per heavy atom. The summed E-state index contributed by atoms with van der Waals surface area (Å²) in [6.07, 6.45) is 0.423. The molecule has 0 bridgehead atoms.